The molecule has 4 nitrogen and oxygen atoms in total. The Kier molecular flexibility index (Phi) is 2.47. The third-order valence-electron chi connectivity index (χ3n) is 1.99. The fourth-order valence-corrected chi connectivity index (χ4v) is 1.98. The van der Waals surface area contributed by atoms with Crippen LogP contribution in [0.3, 0.4) is 0 Å². The third-order valence-corrected chi connectivity index (χ3v) is 2.74. The first-order valence-electron chi connectivity index (χ1n) is 4.31. The monoisotopic (exact) mass is 220 g/mol. The number of hydrogen-bond donors (Lipinski definition) is 1. The minimum atomic E-state index is -1.09. The van der Waals surface area contributed by atoms with Crippen LogP contribution in [0.25, 0.3) is 10.6 Å². The Balaban J connectivity index is 2.46. The lowest BCUT2D eigenvalue weighted by Gasteiger charge is -1.98. The summed E-state index contributed by atoms with van der Waals surface area (Å²) in [5, 5.41) is 9.34. The summed E-state index contributed by atoms with van der Waals surface area (Å²) >= 11 is 1.10. The van der Waals surface area contributed by atoms with E-state index in [9.17, 15) is 4.79 Å². The molecule has 0 saturated carbocycles. The lowest BCUT2D eigenvalue weighted by atomic mass is 10.1. The van der Waals surface area contributed by atoms with Crippen LogP contribution in [0, 0.1) is 6.92 Å². The Hall–Kier alpha value is -1.75. The van der Waals surface area contributed by atoms with Gasteiger partial charge in [0, 0.05) is 5.56 Å². The second kappa shape index (κ2) is 3.78. The summed E-state index contributed by atoms with van der Waals surface area (Å²) in [5.41, 5.74) is 1.99. The lowest BCUT2D eigenvalue weighted by molar-refractivity contribution is 0.0685. The Morgan fingerprint density at radius 2 is 2.13 bits per heavy atom. The van der Waals surface area contributed by atoms with Crippen molar-refractivity contribution < 1.29 is 9.90 Å². The van der Waals surface area contributed by atoms with Crippen LogP contribution < -0.4 is 0 Å². The van der Waals surface area contributed by atoms with Crippen molar-refractivity contribution in [2.24, 2.45) is 0 Å². The standard InChI is InChI=1S/C10H8N2O2S/c1-6-4-2-3-5-7(6)9-11-8(10(13)14)12-15-9/h2-5H,1H3,(H,13,14). The third kappa shape index (κ3) is 1.87. The molecule has 0 fully saturated rings. The molecule has 0 atom stereocenters. The maximum absolute atomic E-state index is 10.6. The average molecular weight is 220 g/mol. The van der Waals surface area contributed by atoms with Gasteiger partial charge in [0.25, 0.3) is 5.82 Å². The Bertz CT molecular complexity index is 508. The number of carboxylic acids is 1. The van der Waals surface area contributed by atoms with Gasteiger partial charge in [-0.25, -0.2) is 9.78 Å². The van der Waals surface area contributed by atoms with Gasteiger partial charge in [-0.15, -0.1) is 0 Å². The van der Waals surface area contributed by atoms with Crippen LogP contribution >= 0.6 is 11.5 Å². The summed E-state index contributed by atoms with van der Waals surface area (Å²) in [5.74, 6) is -1.23. The van der Waals surface area contributed by atoms with Gasteiger partial charge in [0.1, 0.15) is 5.01 Å². The number of aromatic nitrogens is 2. The molecular formula is C10H8N2O2S. The van der Waals surface area contributed by atoms with Crippen LogP contribution in [0.2, 0.25) is 0 Å². The molecule has 0 radical (unpaired) electrons. The zero-order valence-corrected chi connectivity index (χ0v) is 8.78. The van der Waals surface area contributed by atoms with E-state index in [-0.39, 0.29) is 5.82 Å². The summed E-state index contributed by atoms with van der Waals surface area (Å²) in [7, 11) is 0. The molecule has 15 heavy (non-hydrogen) atoms. The molecule has 76 valence electrons. The summed E-state index contributed by atoms with van der Waals surface area (Å²) in [6.45, 7) is 1.96. The van der Waals surface area contributed by atoms with Crippen molar-refractivity contribution in [3.63, 3.8) is 0 Å². The molecule has 0 bridgehead atoms. The van der Waals surface area contributed by atoms with Gasteiger partial charge in [-0.2, -0.15) is 4.37 Å². The van der Waals surface area contributed by atoms with Crippen LogP contribution in [-0.2, 0) is 0 Å². The molecule has 2 aromatic rings. The first-order valence-corrected chi connectivity index (χ1v) is 5.09. The van der Waals surface area contributed by atoms with Gasteiger partial charge in [-0.3, -0.25) is 0 Å². The van der Waals surface area contributed by atoms with Crippen LogP contribution in [0.5, 0.6) is 0 Å². The molecule has 0 aliphatic rings. The Labute approximate surface area is 90.4 Å². The van der Waals surface area contributed by atoms with Crippen molar-refractivity contribution in [3.05, 3.63) is 35.7 Å². The highest BCUT2D eigenvalue weighted by Crippen LogP contribution is 2.24. The highest BCUT2D eigenvalue weighted by molar-refractivity contribution is 7.09. The van der Waals surface area contributed by atoms with E-state index in [4.69, 9.17) is 5.11 Å². The molecule has 1 aromatic carbocycles. The van der Waals surface area contributed by atoms with Gasteiger partial charge in [0.15, 0.2) is 0 Å². The molecule has 5 heteroatoms. The normalized spacial score (nSPS) is 10.2. The number of benzene rings is 1. The molecule has 1 heterocycles. The number of carbonyl (C=O) groups is 1. The van der Waals surface area contributed by atoms with E-state index in [1.807, 2.05) is 31.2 Å². The van der Waals surface area contributed by atoms with E-state index in [0.717, 1.165) is 22.7 Å². The summed E-state index contributed by atoms with van der Waals surface area (Å²) in [6.07, 6.45) is 0. The highest BCUT2D eigenvalue weighted by atomic mass is 32.1. The minimum Gasteiger partial charge on any atom is -0.475 e. The van der Waals surface area contributed by atoms with Crippen molar-refractivity contribution >= 4 is 17.5 Å². The molecule has 1 aromatic heterocycles. The highest BCUT2D eigenvalue weighted by Gasteiger charge is 2.12. The number of aromatic carboxylic acids is 1. The number of nitrogens with zero attached hydrogens (tertiary/aromatic N) is 2. The van der Waals surface area contributed by atoms with E-state index in [1.54, 1.807) is 0 Å². The van der Waals surface area contributed by atoms with Crippen molar-refractivity contribution in [2.45, 2.75) is 6.92 Å². The molecule has 0 saturated heterocycles. The topological polar surface area (TPSA) is 63.1 Å². The van der Waals surface area contributed by atoms with Gasteiger partial charge in [0.2, 0.25) is 0 Å². The van der Waals surface area contributed by atoms with Gasteiger partial charge >= 0.3 is 5.97 Å². The zero-order valence-electron chi connectivity index (χ0n) is 7.97. The molecule has 0 aliphatic heterocycles. The summed E-state index contributed by atoms with van der Waals surface area (Å²) < 4.78 is 3.76. The van der Waals surface area contributed by atoms with Crippen LogP contribution in [0.1, 0.15) is 16.2 Å². The van der Waals surface area contributed by atoms with E-state index in [0.29, 0.717) is 5.01 Å². The van der Waals surface area contributed by atoms with Crippen LogP contribution in [0.15, 0.2) is 24.3 Å². The second-order valence-corrected chi connectivity index (χ2v) is 3.80. The van der Waals surface area contributed by atoms with Crippen LogP contribution in [0.4, 0.5) is 0 Å². The zero-order chi connectivity index (χ0) is 10.8. The number of rotatable bonds is 2. The summed E-state index contributed by atoms with van der Waals surface area (Å²) in [6, 6.07) is 7.68. The van der Waals surface area contributed by atoms with E-state index in [2.05, 4.69) is 9.36 Å². The molecule has 1 N–H and O–H groups in total. The smallest absolute Gasteiger partial charge is 0.375 e. The van der Waals surface area contributed by atoms with Gasteiger partial charge in [0.05, 0.1) is 0 Å². The number of aryl methyl sites for hydroxylation is 1. The van der Waals surface area contributed by atoms with Crippen molar-refractivity contribution in [2.75, 3.05) is 0 Å². The summed E-state index contributed by atoms with van der Waals surface area (Å²) in [4.78, 5) is 14.6. The SMILES string of the molecule is Cc1ccccc1-c1nc(C(=O)O)ns1. The Morgan fingerprint density at radius 3 is 2.73 bits per heavy atom. The first kappa shape index (κ1) is 9.79. The van der Waals surface area contributed by atoms with Crippen molar-refractivity contribution in [1.82, 2.24) is 9.36 Å². The lowest BCUT2D eigenvalue weighted by Crippen LogP contribution is -1.98. The van der Waals surface area contributed by atoms with Gasteiger partial charge < -0.3 is 5.11 Å². The predicted molar refractivity (Wildman–Crippen MR) is 57.0 cm³/mol. The molecule has 0 spiro atoms. The molecule has 0 unspecified atom stereocenters. The largest absolute Gasteiger partial charge is 0.475 e. The number of carboxylic acid groups (broad SMARTS) is 1. The Morgan fingerprint density at radius 1 is 1.40 bits per heavy atom. The second-order valence-electron chi connectivity index (χ2n) is 3.04. The molecule has 0 amide bonds. The first-order chi connectivity index (χ1) is 7.18. The van der Waals surface area contributed by atoms with E-state index >= 15 is 0 Å². The maximum atomic E-state index is 10.6. The predicted octanol–water partition coefficient (Wildman–Crippen LogP) is 2.21. The van der Waals surface area contributed by atoms with Gasteiger partial charge in [-0.05, 0) is 24.0 Å². The van der Waals surface area contributed by atoms with Gasteiger partial charge in [-0.1, -0.05) is 24.3 Å². The molecule has 0 aliphatic carbocycles. The molecular weight excluding hydrogens is 212 g/mol. The quantitative estimate of drug-likeness (QED) is 0.842. The molecule has 2 rings (SSSR count). The van der Waals surface area contributed by atoms with Crippen LogP contribution in [-0.4, -0.2) is 20.4 Å². The van der Waals surface area contributed by atoms with E-state index in [1.165, 1.54) is 0 Å². The average Bonchev–Trinajstić information content (AvgIpc) is 2.67. The fourth-order valence-electron chi connectivity index (χ4n) is 1.23. The van der Waals surface area contributed by atoms with Crippen molar-refractivity contribution in [1.29, 1.82) is 0 Å². The fraction of sp³-hybridized carbons (Fsp3) is 0.100. The minimum absolute atomic E-state index is 0.141. The number of hydrogen-bond acceptors (Lipinski definition) is 4. The maximum Gasteiger partial charge on any atom is 0.375 e. The van der Waals surface area contributed by atoms with E-state index < -0.39 is 5.97 Å². The van der Waals surface area contributed by atoms with Crippen molar-refractivity contribution in [3.8, 4) is 10.6 Å².